The highest BCUT2D eigenvalue weighted by atomic mass is 32.2. The van der Waals surface area contributed by atoms with Gasteiger partial charge in [0.05, 0.1) is 0 Å². The predicted molar refractivity (Wildman–Crippen MR) is 78.9 cm³/mol. The van der Waals surface area contributed by atoms with Crippen molar-refractivity contribution in [2.24, 2.45) is 0 Å². The van der Waals surface area contributed by atoms with Crippen LogP contribution in [0.1, 0.15) is 12.5 Å². The number of benzene rings is 1. The molecule has 0 spiro atoms. The molecule has 1 heterocycles. The van der Waals surface area contributed by atoms with Crippen molar-refractivity contribution in [1.29, 1.82) is 0 Å². The van der Waals surface area contributed by atoms with E-state index in [9.17, 15) is 12.8 Å². The molecule has 1 aromatic heterocycles. The third-order valence-corrected chi connectivity index (χ3v) is 5.44. The second kappa shape index (κ2) is 6.34. The molecule has 0 aliphatic rings. The summed E-state index contributed by atoms with van der Waals surface area (Å²) in [4.78, 5) is 0. The molecule has 0 radical (unpaired) electrons. The van der Waals surface area contributed by atoms with Gasteiger partial charge in [-0.1, -0.05) is 6.92 Å². The highest BCUT2D eigenvalue weighted by molar-refractivity contribution is 7.94. The molecular weight excluding hydrogens is 299 g/mol. The highest BCUT2D eigenvalue weighted by Gasteiger charge is 2.16. The van der Waals surface area contributed by atoms with Gasteiger partial charge in [-0.25, -0.2) is 12.8 Å². The van der Waals surface area contributed by atoms with Crippen molar-refractivity contribution < 1.29 is 12.8 Å². The number of hydrogen-bond acceptors (Lipinski definition) is 4. The van der Waals surface area contributed by atoms with E-state index in [0.29, 0.717) is 12.2 Å². The summed E-state index contributed by atoms with van der Waals surface area (Å²) in [6.45, 7) is 3.45. The molecule has 0 fully saturated rings. The van der Waals surface area contributed by atoms with E-state index < -0.39 is 15.8 Å². The Kier molecular flexibility index (Phi) is 4.74. The van der Waals surface area contributed by atoms with Crippen LogP contribution in [0, 0.1) is 5.82 Å². The van der Waals surface area contributed by atoms with E-state index in [4.69, 9.17) is 0 Å². The Morgan fingerprint density at radius 3 is 2.60 bits per heavy atom. The van der Waals surface area contributed by atoms with E-state index in [1.165, 1.54) is 24.3 Å². The van der Waals surface area contributed by atoms with Crippen LogP contribution < -0.4 is 10.0 Å². The van der Waals surface area contributed by atoms with Gasteiger partial charge in [-0.3, -0.25) is 4.72 Å². The minimum Gasteiger partial charge on any atom is -0.313 e. The summed E-state index contributed by atoms with van der Waals surface area (Å²) in [5.41, 5.74) is 1.27. The number of halogens is 1. The van der Waals surface area contributed by atoms with Crippen molar-refractivity contribution in [2.45, 2.75) is 17.7 Å². The van der Waals surface area contributed by atoms with E-state index in [1.54, 1.807) is 6.07 Å². The van der Waals surface area contributed by atoms with Crippen LogP contribution in [-0.2, 0) is 16.6 Å². The fourth-order valence-electron chi connectivity index (χ4n) is 1.58. The molecular formula is C13H15FN2O2S2. The molecule has 108 valence electrons. The van der Waals surface area contributed by atoms with Crippen molar-refractivity contribution in [1.82, 2.24) is 5.32 Å². The molecule has 0 aliphatic carbocycles. The van der Waals surface area contributed by atoms with Crippen LogP contribution in [0.15, 0.2) is 39.9 Å². The van der Waals surface area contributed by atoms with Crippen LogP contribution in [0.5, 0.6) is 0 Å². The molecule has 4 nitrogen and oxygen atoms in total. The summed E-state index contributed by atoms with van der Waals surface area (Å²) in [6.07, 6.45) is 0. The van der Waals surface area contributed by atoms with Gasteiger partial charge in [-0.05, 0) is 47.8 Å². The Bertz CT molecular complexity index is 666. The van der Waals surface area contributed by atoms with Crippen LogP contribution in [-0.4, -0.2) is 15.0 Å². The average molecular weight is 314 g/mol. The Labute approximate surface area is 121 Å². The van der Waals surface area contributed by atoms with Gasteiger partial charge in [0, 0.05) is 12.2 Å². The second-order valence-electron chi connectivity index (χ2n) is 4.17. The van der Waals surface area contributed by atoms with Crippen LogP contribution in [0.2, 0.25) is 0 Å². The van der Waals surface area contributed by atoms with Crippen molar-refractivity contribution in [3.8, 4) is 0 Å². The maximum atomic E-state index is 12.8. The van der Waals surface area contributed by atoms with Crippen LogP contribution in [0.4, 0.5) is 10.1 Å². The van der Waals surface area contributed by atoms with Gasteiger partial charge < -0.3 is 5.32 Å². The SMILES string of the molecule is CCNCc1csc(S(=O)(=O)Nc2ccc(F)cc2)c1. The first-order chi connectivity index (χ1) is 9.51. The minimum atomic E-state index is -3.61. The third-order valence-electron chi connectivity index (χ3n) is 2.57. The molecule has 0 amide bonds. The number of rotatable bonds is 6. The number of hydrogen-bond donors (Lipinski definition) is 2. The number of sulfonamides is 1. The molecule has 20 heavy (non-hydrogen) atoms. The van der Waals surface area contributed by atoms with Crippen molar-refractivity contribution in [3.05, 3.63) is 47.1 Å². The lowest BCUT2D eigenvalue weighted by atomic mass is 10.3. The zero-order chi connectivity index (χ0) is 14.6. The molecule has 2 rings (SSSR count). The molecule has 0 saturated carbocycles. The molecule has 0 atom stereocenters. The van der Waals surface area contributed by atoms with Gasteiger partial charge in [0.1, 0.15) is 10.0 Å². The molecule has 1 aromatic carbocycles. The quantitative estimate of drug-likeness (QED) is 0.862. The maximum Gasteiger partial charge on any atom is 0.271 e. The summed E-state index contributed by atoms with van der Waals surface area (Å²) in [7, 11) is -3.61. The van der Waals surface area contributed by atoms with Crippen molar-refractivity contribution >= 4 is 27.0 Å². The normalized spacial score (nSPS) is 11.5. The van der Waals surface area contributed by atoms with Crippen LogP contribution >= 0.6 is 11.3 Å². The minimum absolute atomic E-state index is 0.245. The van der Waals surface area contributed by atoms with Crippen molar-refractivity contribution in [2.75, 3.05) is 11.3 Å². The molecule has 0 saturated heterocycles. The first-order valence-corrected chi connectivity index (χ1v) is 8.44. The van der Waals surface area contributed by atoms with E-state index >= 15 is 0 Å². The average Bonchev–Trinajstić information content (AvgIpc) is 2.88. The van der Waals surface area contributed by atoms with Gasteiger partial charge in [0.2, 0.25) is 0 Å². The summed E-state index contributed by atoms with van der Waals surface area (Å²) < 4.78 is 39.8. The highest BCUT2D eigenvalue weighted by Crippen LogP contribution is 2.23. The Morgan fingerprint density at radius 2 is 1.95 bits per heavy atom. The zero-order valence-corrected chi connectivity index (χ0v) is 12.5. The molecule has 0 aliphatic heterocycles. The van der Waals surface area contributed by atoms with Gasteiger partial charge in [-0.15, -0.1) is 11.3 Å². The number of thiophene rings is 1. The van der Waals surface area contributed by atoms with Gasteiger partial charge in [-0.2, -0.15) is 0 Å². The zero-order valence-electron chi connectivity index (χ0n) is 10.9. The molecule has 7 heteroatoms. The lowest BCUT2D eigenvalue weighted by Gasteiger charge is -2.05. The lowest BCUT2D eigenvalue weighted by Crippen LogP contribution is -2.12. The Hall–Kier alpha value is -1.44. The first kappa shape index (κ1) is 15.0. The second-order valence-corrected chi connectivity index (χ2v) is 6.99. The largest absolute Gasteiger partial charge is 0.313 e. The van der Waals surface area contributed by atoms with Gasteiger partial charge >= 0.3 is 0 Å². The smallest absolute Gasteiger partial charge is 0.271 e. The van der Waals surface area contributed by atoms with Crippen LogP contribution in [0.3, 0.4) is 0 Å². The monoisotopic (exact) mass is 314 g/mol. The summed E-state index contributed by atoms with van der Waals surface area (Å²) in [6, 6.07) is 6.84. The Balaban J connectivity index is 2.13. The standard InChI is InChI=1S/C13H15FN2O2S2/c1-2-15-8-10-7-13(19-9-10)20(17,18)16-12-5-3-11(14)4-6-12/h3-7,9,15-16H,2,8H2,1H3. The predicted octanol–water partition coefficient (Wildman–Crippen LogP) is 2.80. The fourth-order valence-corrected chi connectivity index (χ4v) is 3.85. The summed E-state index contributed by atoms with van der Waals surface area (Å²) in [5, 5.41) is 4.94. The van der Waals surface area contributed by atoms with Gasteiger partial charge in [0.15, 0.2) is 0 Å². The summed E-state index contributed by atoms with van der Waals surface area (Å²) >= 11 is 1.16. The molecule has 0 bridgehead atoms. The Morgan fingerprint density at radius 1 is 1.25 bits per heavy atom. The van der Waals surface area contributed by atoms with Crippen molar-refractivity contribution in [3.63, 3.8) is 0 Å². The summed E-state index contributed by atoms with van der Waals surface area (Å²) in [5.74, 6) is -0.406. The van der Waals surface area contributed by atoms with E-state index in [0.717, 1.165) is 23.4 Å². The molecule has 0 unspecified atom stereocenters. The maximum absolute atomic E-state index is 12.8. The lowest BCUT2D eigenvalue weighted by molar-refractivity contribution is 0.602. The van der Waals surface area contributed by atoms with E-state index in [-0.39, 0.29) is 4.21 Å². The fraction of sp³-hybridized carbons (Fsp3) is 0.231. The van der Waals surface area contributed by atoms with Crippen LogP contribution in [0.25, 0.3) is 0 Å². The van der Waals surface area contributed by atoms with E-state index in [2.05, 4.69) is 10.0 Å². The first-order valence-electron chi connectivity index (χ1n) is 6.08. The van der Waals surface area contributed by atoms with E-state index in [1.807, 2.05) is 12.3 Å². The number of anilines is 1. The molecule has 2 aromatic rings. The van der Waals surface area contributed by atoms with Gasteiger partial charge in [0.25, 0.3) is 10.0 Å². The molecule has 2 N–H and O–H groups in total. The number of nitrogens with one attached hydrogen (secondary N) is 2. The topological polar surface area (TPSA) is 58.2 Å². The third kappa shape index (κ3) is 3.78.